The Hall–Kier alpha value is -3.23. The van der Waals surface area contributed by atoms with Crippen molar-refractivity contribution >= 4 is 17.6 Å². The highest BCUT2D eigenvalue weighted by Gasteiger charge is 2.33. The molecule has 0 aliphatic carbocycles. The molecule has 1 aliphatic rings. The number of carbonyl (C=O) groups excluding carboxylic acids is 3. The number of rotatable bonds is 9. The van der Waals surface area contributed by atoms with E-state index in [1.807, 2.05) is 45.9 Å². The van der Waals surface area contributed by atoms with Gasteiger partial charge in [0.05, 0.1) is 18.5 Å². The van der Waals surface area contributed by atoms with Crippen LogP contribution in [0.5, 0.6) is 0 Å². The second-order valence-electron chi connectivity index (χ2n) is 9.76. The number of nitrogens with zero attached hydrogens (tertiary/aromatic N) is 3. The lowest BCUT2D eigenvalue weighted by atomic mass is 9.94. The minimum atomic E-state index is -0.863. The van der Waals surface area contributed by atoms with E-state index in [-0.39, 0.29) is 29.5 Å². The Labute approximate surface area is 199 Å². The van der Waals surface area contributed by atoms with Gasteiger partial charge in [0.1, 0.15) is 0 Å². The molecule has 184 valence electrons. The molecule has 1 aromatic heterocycles. The fraction of sp³-hybridized carbons (Fsp3) is 0.560. The van der Waals surface area contributed by atoms with Gasteiger partial charge in [0.2, 0.25) is 11.7 Å². The van der Waals surface area contributed by atoms with Crippen molar-refractivity contribution in [3.8, 4) is 0 Å². The zero-order chi connectivity index (χ0) is 24.8. The fourth-order valence-corrected chi connectivity index (χ4v) is 4.15. The molecule has 1 saturated heterocycles. The summed E-state index contributed by atoms with van der Waals surface area (Å²) in [5.74, 6) is -2.04. The molecule has 2 heterocycles. The van der Waals surface area contributed by atoms with Crippen molar-refractivity contribution in [3.05, 3.63) is 52.3 Å². The summed E-state index contributed by atoms with van der Waals surface area (Å²) >= 11 is 0. The molecule has 3 rings (SSSR count). The molecular weight excluding hydrogens is 436 g/mol. The van der Waals surface area contributed by atoms with Gasteiger partial charge >= 0.3 is 5.76 Å². The molecule has 1 fully saturated rings. The SMILES string of the molecule is CC(C)C[C@H](NC(=O)[C@@H]1CCCN(C(=O)c2ccccc2)C1)C(=O)c1nn(CC(C)C)c(=O)o1. The molecule has 0 spiro atoms. The van der Waals surface area contributed by atoms with Crippen molar-refractivity contribution in [2.45, 2.75) is 59.5 Å². The number of hydrogen-bond donors (Lipinski definition) is 1. The molecule has 0 unspecified atom stereocenters. The van der Waals surface area contributed by atoms with Gasteiger partial charge in [-0.05, 0) is 43.2 Å². The molecule has 1 N–H and O–H groups in total. The van der Waals surface area contributed by atoms with Crippen molar-refractivity contribution in [2.24, 2.45) is 17.8 Å². The largest absolute Gasteiger partial charge is 0.437 e. The predicted molar refractivity (Wildman–Crippen MR) is 126 cm³/mol. The molecule has 34 heavy (non-hydrogen) atoms. The van der Waals surface area contributed by atoms with Crippen LogP contribution in [0.2, 0.25) is 0 Å². The van der Waals surface area contributed by atoms with Crippen LogP contribution in [0.15, 0.2) is 39.5 Å². The van der Waals surface area contributed by atoms with Crippen molar-refractivity contribution in [2.75, 3.05) is 13.1 Å². The van der Waals surface area contributed by atoms with Crippen molar-refractivity contribution in [1.82, 2.24) is 20.0 Å². The maximum atomic E-state index is 13.1. The average Bonchev–Trinajstić information content (AvgIpc) is 3.17. The highest BCUT2D eigenvalue weighted by Crippen LogP contribution is 2.20. The molecule has 0 saturated carbocycles. The number of likely N-dealkylation sites (tertiary alicyclic amines) is 1. The summed E-state index contributed by atoms with van der Waals surface area (Å²) in [4.78, 5) is 52.8. The molecule has 2 aromatic rings. The second kappa shape index (κ2) is 11.3. The van der Waals surface area contributed by atoms with E-state index in [1.54, 1.807) is 17.0 Å². The number of aromatic nitrogens is 2. The summed E-state index contributed by atoms with van der Waals surface area (Å²) in [5, 5.41) is 6.90. The van der Waals surface area contributed by atoms with Crippen molar-refractivity contribution in [1.29, 1.82) is 0 Å². The lowest BCUT2D eigenvalue weighted by Crippen LogP contribution is -2.49. The first-order chi connectivity index (χ1) is 16.2. The first-order valence-corrected chi connectivity index (χ1v) is 11.9. The Morgan fingerprint density at radius 3 is 2.47 bits per heavy atom. The fourth-order valence-electron chi connectivity index (χ4n) is 4.15. The Bertz CT molecular complexity index is 1060. The minimum absolute atomic E-state index is 0.106. The van der Waals surface area contributed by atoms with E-state index in [9.17, 15) is 19.2 Å². The minimum Gasteiger partial charge on any atom is -0.384 e. The number of Topliss-reactive ketones (excluding diaryl/α,β-unsaturated/α-hetero) is 1. The summed E-state index contributed by atoms with van der Waals surface area (Å²) in [7, 11) is 0. The smallest absolute Gasteiger partial charge is 0.384 e. The Morgan fingerprint density at radius 2 is 1.82 bits per heavy atom. The summed E-state index contributed by atoms with van der Waals surface area (Å²) in [6, 6.07) is 8.13. The zero-order valence-electron chi connectivity index (χ0n) is 20.3. The van der Waals surface area contributed by atoms with Gasteiger partial charge in [-0.2, -0.15) is 4.68 Å². The van der Waals surface area contributed by atoms with Gasteiger partial charge in [-0.15, -0.1) is 5.10 Å². The lowest BCUT2D eigenvalue weighted by molar-refractivity contribution is -0.126. The summed E-state index contributed by atoms with van der Waals surface area (Å²) < 4.78 is 6.25. The lowest BCUT2D eigenvalue weighted by Gasteiger charge is -2.33. The normalized spacial score (nSPS) is 17.1. The molecule has 0 radical (unpaired) electrons. The second-order valence-corrected chi connectivity index (χ2v) is 9.76. The van der Waals surface area contributed by atoms with Gasteiger partial charge in [-0.3, -0.25) is 14.4 Å². The maximum Gasteiger partial charge on any atom is 0.437 e. The van der Waals surface area contributed by atoms with Crippen LogP contribution in [0.1, 0.15) is 68.0 Å². The third kappa shape index (κ3) is 6.42. The van der Waals surface area contributed by atoms with E-state index in [1.165, 1.54) is 0 Å². The van der Waals surface area contributed by atoms with E-state index < -0.39 is 23.5 Å². The van der Waals surface area contributed by atoms with Gasteiger partial charge in [-0.1, -0.05) is 45.9 Å². The highest BCUT2D eigenvalue weighted by atomic mass is 16.4. The van der Waals surface area contributed by atoms with E-state index in [2.05, 4.69) is 10.4 Å². The average molecular weight is 471 g/mol. The molecule has 9 nitrogen and oxygen atoms in total. The third-order valence-electron chi connectivity index (χ3n) is 5.80. The maximum absolute atomic E-state index is 13.1. The number of amides is 2. The quantitative estimate of drug-likeness (QED) is 0.564. The number of piperidine rings is 1. The number of carbonyl (C=O) groups is 3. The Morgan fingerprint density at radius 1 is 1.12 bits per heavy atom. The van der Waals surface area contributed by atoms with Crippen molar-refractivity contribution in [3.63, 3.8) is 0 Å². The standard InChI is InChI=1S/C25H34N4O5/c1-16(2)13-20(21(30)23-27-29(14-17(3)4)25(33)34-23)26-22(31)19-11-8-12-28(15-19)24(32)18-9-6-5-7-10-18/h5-7,9-10,16-17,19-20H,8,11-15H2,1-4H3,(H,26,31)/t19-,20+/m1/s1. The van der Waals surface area contributed by atoms with Gasteiger partial charge in [0.25, 0.3) is 11.8 Å². The Kier molecular flexibility index (Phi) is 8.41. The monoisotopic (exact) mass is 470 g/mol. The van der Waals surface area contributed by atoms with Crippen LogP contribution in [0.4, 0.5) is 0 Å². The first kappa shape index (κ1) is 25.4. The van der Waals surface area contributed by atoms with Crippen LogP contribution in [0, 0.1) is 17.8 Å². The first-order valence-electron chi connectivity index (χ1n) is 11.9. The van der Waals surface area contributed by atoms with E-state index in [4.69, 9.17) is 4.42 Å². The molecule has 1 aliphatic heterocycles. The van der Waals surface area contributed by atoms with Gasteiger partial charge < -0.3 is 14.6 Å². The van der Waals surface area contributed by atoms with E-state index in [0.29, 0.717) is 44.5 Å². The van der Waals surface area contributed by atoms with Gasteiger partial charge in [0.15, 0.2) is 0 Å². The van der Waals surface area contributed by atoms with Crippen LogP contribution in [0.3, 0.4) is 0 Å². The predicted octanol–water partition coefficient (Wildman–Crippen LogP) is 2.76. The van der Waals surface area contributed by atoms with Crippen LogP contribution < -0.4 is 11.1 Å². The molecular formula is C25H34N4O5. The van der Waals surface area contributed by atoms with Crippen LogP contribution in [-0.2, 0) is 11.3 Å². The molecule has 9 heteroatoms. The summed E-state index contributed by atoms with van der Waals surface area (Å²) in [6.07, 6.45) is 1.71. The summed E-state index contributed by atoms with van der Waals surface area (Å²) in [5.41, 5.74) is 0.587. The van der Waals surface area contributed by atoms with Gasteiger partial charge in [-0.25, -0.2) is 4.79 Å². The van der Waals surface area contributed by atoms with Crippen LogP contribution >= 0.6 is 0 Å². The van der Waals surface area contributed by atoms with Crippen LogP contribution in [0.25, 0.3) is 0 Å². The number of hydrogen-bond acceptors (Lipinski definition) is 6. The summed E-state index contributed by atoms with van der Waals surface area (Å²) in [6.45, 7) is 8.97. The Balaban J connectivity index is 1.70. The topological polar surface area (TPSA) is 115 Å². The molecule has 0 bridgehead atoms. The number of ketones is 1. The van der Waals surface area contributed by atoms with E-state index >= 15 is 0 Å². The molecule has 1 aromatic carbocycles. The van der Waals surface area contributed by atoms with E-state index in [0.717, 1.165) is 4.68 Å². The zero-order valence-corrected chi connectivity index (χ0v) is 20.3. The molecule has 2 atom stereocenters. The van der Waals surface area contributed by atoms with Crippen LogP contribution in [-0.4, -0.2) is 51.4 Å². The van der Waals surface area contributed by atoms with Gasteiger partial charge in [0, 0.05) is 18.7 Å². The highest BCUT2D eigenvalue weighted by molar-refractivity contribution is 5.99. The molecule has 2 amide bonds. The number of nitrogens with one attached hydrogen (secondary N) is 1. The number of benzene rings is 1. The van der Waals surface area contributed by atoms with Crippen molar-refractivity contribution < 1.29 is 18.8 Å². The third-order valence-corrected chi connectivity index (χ3v) is 5.80.